The van der Waals surface area contributed by atoms with Crippen LogP contribution in [0.15, 0.2) is 24.3 Å². The van der Waals surface area contributed by atoms with Crippen LogP contribution in [0.3, 0.4) is 0 Å². The second kappa shape index (κ2) is 6.51. The Bertz CT molecular complexity index is 313. The molecule has 16 heavy (non-hydrogen) atoms. The summed E-state index contributed by atoms with van der Waals surface area (Å²) < 4.78 is 11.0. The quantitative estimate of drug-likeness (QED) is 0.806. The zero-order chi connectivity index (χ0) is 12.0. The molecule has 0 spiro atoms. The number of para-hydroxylation sites is 1. The Balaban J connectivity index is 2.69. The van der Waals surface area contributed by atoms with Gasteiger partial charge in [0.25, 0.3) is 0 Å². The van der Waals surface area contributed by atoms with Gasteiger partial charge in [-0.3, -0.25) is 0 Å². The van der Waals surface area contributed by atoms with Gasteiger partial charge < -0.3 is 15.2 Å². The molecular weight excluding hydrogens is 202 g/mol. The Morgan fingerprint density at radius 1 is 1.25 bits per heavy atom. The molecule has 1 rings (SSSR count). The van der Waals surface area contributed by atoms with Crippen LogP contribution in [0.1, 0.15) is 32.4 Å². The molecule has 0 heterocycles. The van der Waals surface area contributed by atoms with Crippen LogP contribution in [0.25, 0.3) is 0 Å². The standard InChI is InChI=1S/C13H21NO2/c1-4-15-13-8-6-5-7-11(13)12(14)9-16-10(2)3/h5-8,10,12H,4,9,14H2,1-3H3. The minimum atomic E-state index is -0.134. The van der Waals surface area contributed by atoms with Gasteiger partial charge in [0.1, 0.15) is 5.75 Å². The van der Waals surface area contributed by atoms with Gasteiger partial charge in [0.2, 0.25) is 0 Å². The number of ether oxygens (including phenoxy) is 2. The van der Waals surface area contributed by atoms with Crippen LogP contribution in [0.2, 0.25) is 0 Å². The van der Waals surface area contributed by atoms with Crippen LogP contribution >= 0.6 is 0 Å². The summed E-state index contributed by atoms with van der Waals surface area (Å²) in [5, 5.41) is 0. The Kier molecular flexibility index (Phi) is 5.29. The first-order chi connectivity index (χ1) is 7.65. The number of hydrogen-bond acceptors (Lipinski definition) is 3. The summed E-state index contributed by atoms with van der Waals surface area (Å²) in [6.07, 6.45) is 0.199. The molecule has 90 valence electrons. The van der Waals surface area contributed by atoms with E-state index in [0.29, 0.717) is 13.2 Å². The molecule has 0 radical (unpaired) electrons. The second-order valence-electron chi connectivity index (χ2n) is 3.96. The zero-order valence-electron chi connectivity index (χ0n) is 10.3. The van der Waals surface area contributed by atoms with Crippen molar-refractivity contribution in [3.05, 3.63) is 29.8 Å². The highest BCUT2D eigenvalue weighted by molar-refractivity contribution is 5.35. The monoisotopic (exact) mass is 223 g/mol. The second-order valence-corrected chi connectivity index (χ2v) is 3.96. The third-order valence-corrected chi connectivity index (χ3v) is 2.23. The Labute approximate surface area is 97.6 Å². The molecule has 1 atom stereocenters. The predicted octanol–water partition coefficient (Wildman–Crippen LogP) is 2.51. The summed E-state index contributed by atoms with van der Waals surface area (Å²) in [6, 6.07) is 7.70. The number of nitrogens with two attached hydrogens (primary N) is 1. The van der Waals surface area contributed by atoms with Crippen molar-refractivity contribution < 1.29 is 9.47 Å². The van der Waals surface area contributed by atoms with Crippen molar-refractivity contribution in [3.8, 4) is 5.75 Å². The third-order valence-electron chi connectivity index (χ3n) is 2.23. The molecule has 0 fully saturated rings. The Hall–Kier alpha value is -1.06. The molecule has 0 aromatic heterocycles. The van der Waals surface area contributed by atoms with Gasteiger partial charge in [-0.05, 0) is 26.8 Å². The van der Waals surface area contributed by atoms with Crippen molar-refractivity contribution in [1.29, 1.82) is 0 Å². The largest absolute Gasteiger partial charge is 0.494 e. The topological polar surface area (TPSA) is 44.5 Å². The molecule has 1 aromatic carbocycles. The fraction of sp³-hybridized carbons (Fsp3) is 0.538. The van der Waals surface area contributed by atoms with Crippen LogP contribution in [0.5, 0.6) is 5.75 Å². The molecule has 1 aromatic rings. The lowest BCUT2D eigenvalue weighted by molar-refractivity contribution is 0.0678. The molecule has 0 bridgehead atoms. The summed E-state index contributed by atoms with van der Waals surface area (Å²) in [4.78, 5) is 0. The first-order valence-corrected chi connectivity index (χ1v) is 5.74. The lowest BCUT2D eigenvalue weighted by Gasteiger charge is -2.17. The molecular formula is C13H21NO2. The van der Waals surface area contributed by atoms with Gasteiger partial charge in [-0.25, -0.2) is 0 Å². The van der Waals surface area contributed by atoms with Gasteiger partial charge in [-0.1, -0.05) is 18.2 Å². The van der Waals surface area contributed by atoms with Crippen molar-refractivity contribution in [2.75, 3.05) is 13.2 Å². The van der Waals surface area contributed by atoms with E-state index in [-0.39, 0.29) is 12.1 Å². The van der Waals surface area contributed by atoms with Crippen molar-refractivity contribution in [1.82, 2.24) is 0 Å². The molecule has 1 unspecified atom stereocenters. The minimum absolute atomic E-state index is 0.134. The summed E-state index contributed by atoms with van der Waals surface area (Å²) in [6.45, 7) is 7.13. The van der Waals surface area contributed by atoms with Gasteiger partial charge in [0.15, 0.2) is 0 Å². The molecule has 0 aliphatic heterocycles. The lowest BCUT2D eigenvalue weighted by Crippen LogP contribution is -2.20. The van der Waals surface area contributed by atoms with Gasteiger partial charge in [0, 0.05) is 5.56 Å². The zero-order valence-corrected chi connectivity index (χ0v) is 10.3. The maximum Gasteiger partial charge on any atom is 0.124 e. The fourth-order valence-corrected chi connectivity index (χ4v) is 1.46. The van der Waals surface area contributed by atoms with E-state index in [0.717, 1.165) is 11.3 Å². The summed E-state index contributed by atoms with van der Waals surface area (Å²) in [5.74, 6) is 0.852. The fourth-order valence-electron chi connectivity index (χ4n) is 1.46. The maximum atomic E-state index is 6.07. The molecule has 0 saturated heterocycles. The van der Waals surface area contributed by atoms with Gasteiger partial charge in [-0.15, -0.1) is 0 Å². The predicted molar refractivity (Wildman–Crippen MR) is 65.6 cm³/mol. The van der Waals surface area contributed by atoms with E-state index < -0.39 is 0 Å². The molecule has 3 nitrogen and oxygen atoms in total. The smallest absolute Gasteiger partial charge is 0.124 e. The van der Waals surface area contributed by atoms with Crippen molar-refractivity contribution >= 4 is 0 Å². The third kappa shape index (κ3) is 3.83. The van der Waals surface area contributed by atoms with Crippen LogP contribution in [-0.4, -0.2) is 19.3 Å². The molecule has 0 saturated carbocycles. The first-order valence-electron chi connectivity index (χ1n) is 5.74. The first kappa shape index (κ1) is 13.0. The van der Waals surface area contributed by atoms with E-state index in [4.69, 9.17) is 15.2 Å². The van der Waals surface area contributed by atoms with Crippen LogP contribution in [0, 0.1) is 0 Å². The van der Waals surface area contributed by atoms with Gasteiger partial charge in [0.05, 0.1) is 25.4 Å². The van der Waals surface area contributed by atoms with E-state index in [1.165, 1.54) is 0 Å². The number of hydrogen-bond donors (Lipinski definition) is 1. The van der Waals surface area contributed by atoms with E-state index >= 15 is 0 Å². The van der Waals surface area contributed by atoms with E-state index in [1.54, 1.807) is 0 Å². The Morgan fingerprint density at radius 3 is 2.56 bits per heavy atom. The molecule has 2 N–H and O–H groups in total. The molecule has 0 aliphatic carbocycles. The number of benzene rings is 1. The lowest BCUT2D eigenvalue weighted by atomic mass is 10.1. The van der Waals surface area contributed by atoms with E-state index in [1.807, 2.05) is 45.0 Å². The summed E-state index contributed by atoms with van der Waals surface area (Å²) in [5.41, 5.74) is 7.07. The average molecular weight is 223 g/mol. The molecule has 0 aliphatic rings. The van der Waals surface area contributed by atoms with Crippen molar-refractivity contribution in [2.45, 2.75) is 32.9 Å². The highest BCUT2D eigenvalue weighted by atomic mass is 16.5. The van der Waals surface area contributed by atoms with E-state index in [2.05, 4.69) is 0 Å². The number of rotatable bonds is 6. The molecule has 3 heteroatoms. The molecule has 0 amide bonds. The summed E-state index contributed by atoms with van der Waals surface area (Å²) in [7, 11) is 0. The van der Waals surface area contributed by atoms with Crippen LogP contribution < -0.4 is 10.5 Å². The van der Waals surface area contributed by atoms with E-state index in [9.17, 15) is 0 Å². The normalized spacial score (nSPS) is 12.8. The minimum Gasteiger partial charge on any atom is -0.494 e. The highest BCUT2D eigenvalue weighted by Gasteiger charge is 2.12. The maximum absolute atomic E-state index is 6.07. The van der Waals surface area contributed by atoms with Crippen LogP contribution in [-0.2, 0) is 4.74 Å². The van der Waals surface area contributed by atoms with Gasteiger partial charge >= 0.3 is 0 Å². The summed E-state index contributed by atoms with van der Waals surface area (Å²) >= 11 is 0. The van der Waals surface area contributed by atoms with Gasteiger partial charge in [-0.2, -0.15) is 0 Å². The highest BCUT2D eigenvalue weighted by Crippen LogP contribution is 2.23. The van der Waals surface area contributed by atoms with Crippen molar-refractivity contribution in [3.63, 3.8) is 0 Å². The van der Waals surface area contributed by atoms with Crippen LogP contribution in [0.4, 0.5) is 0 Å². The average Bonchev–Trinajstić information content (AvgIpc) is 2.27. The SMILES string of the molecule is CCOc1ccccc1C(N)COC(C)C. The van der Waals surface area contributed by atoms with Crippen molar-refractivity contribution in [2.24, 2.45) is 5.73 Å². The Morgan fingerprint density at radius 2 is 1.94 bits per heavy atom.